The lowest BCUT2D eigenvalue weighted by molar-refractivity contribution is 0.0599. The molecule has 5 nitrogen and oxygen atoms in total. The third kappa shape index (κ3) is 3.83. The smallest absolute Gasteiger partial charge is 0.337 e. The van der Waals surface area contributed by atoms with Gasteiger partial charge in [-0.3, -0.25) is 0 Å². The van der Waals surface area contributed by atoms with Crippen molar-refractivity contribution in [2.24, 2.45) is 0 Å². The van der Waals surface area contributed by atoms with Gasteiger partial charge in [0.15, 0.2) is 0 Å². The third-order valence-corrected chi connectivity index (χ3v) is 4.09. The molecule has 0 radical (unpaired) electrons. The van der Waals surface area contributed by atoms with Crippen molar-refractivity contribution in [3.8, 4) is 0 Å². The van der Waals surface area contributed by atoms with Crippen LogP contribution in [0.25, 0.3) is 10.8 Å². The number of benzene rings is 3. The van der Waals surface area contributed by atoms with Crippen molar-refractivity contribution in [1.82, 2.24) is 0 Å². The average molecular weight is 349 g/mol. The normalized spacial score (nSPS) is 10.4. The third-order valence-electron chi connectivity index (χ3n) is 4.09. The van der Waals surface area contributed by atoms with Crippen LogP contribution in [0.5, 0.6) is 0 Å². The summed E-state index contributed by atoms with van der Waals surface area (Å²) in [6.07, 6.45) is 0. The molecule has 0 aliphatic carbocycles. The molecule has 0 saturated heterocycles. The molecule has 0 aromatic heterocycles. The highest BCUT2D eigenvalue weighted by Gasteiger charge is 2.13. The second kappa shape index (κ2) is 7.70. The number of fused-ring (bicyclic) bond motifs is 1. The van der Waals surface area contributed by atoms with E-state index in [9.17, 15) is 9.59 Å². The van der Waals surface area contributed by atoms with Crippen molar-refractivity contribution < 1.29 is 19.1 Å². The number of carbonyl (C=O) groups excluding carboxylic acids is 2. The molecular weight excluding hydrogens is 330 g/mol. The standard InChI is InChI=1S/C21H19NO4/c1-25-20(23)17-10-18(21(24)26-2)12-19(11-17)22-13-14-7-8-15-5-3-4-6-16(15)9-14/h3-12,22H,13H2,1-2H3. The number of carbonyl (C=O) groups is 2. The molecular formula is C21H19NO4. The monoisotopic (exact) mass is 349 g/mol. The molecule has 0 bridgehead atoms. The predicted octanol–water partition coefficient (Wildman–Crippen LogP) is 4.03. The topological polar surface area (TPSA) is 64.6 Å². The van der Waals surface area contributed by atoms with Gasteiger partial charge in [0.1, 0.15) is 0 Å². The minimum Gasteiger partial charge on any atom is -0.465 e. The van der Waals surface area contributed by atoms with Crippen molar-refractivity contribution >= 4 is 28.4 Å². The van der Waals surface area contributed by atoms with E-state index in [1.165, 1.54) is 25.7 Å². The molecule has 0 spiro atoms. The molecule has 0 heterocycles. The molecule has 3 aromatic rings. The molecule has 0 amide bonds. The van der Waals surface area contributed by atoms with Crippen LogP contribution >= 0.6 is 0 Å². The zero-order valence-corrected chi connectivity index (χ0v) is 14.6. The Morgan fingerprint density at radius 1 is 0.808 bits per heavy atom. The Hall–Kier alpha value is -3.34. The highest BCUT2D eigenvalue weighted by molar-refractivity contribution is 5.97. The first-order valence-electron chi connectivity index (χ1n) is 8.14. The van der Waals surface area contributed by atoms with Crippen molar-refractivity contribution in [2.45, 2.75) is 6.54 Å². The Morgan fingerprint density at radius 3 is 2.04 bits per heavy atom. The van der Waals surface area contributed by atoms with Gasteiger partial charge in [-0.25, -0.2) is 9.59 Å². The molecule has 1 N–H and O–H groups in total. The molecule has 132 valence electrons. The summed E-state index contributed by atoms with van der Waals surface area (Å²) in [4.78, 5) is 23.7. The Bertz CT molecular complexity index is 931. The van der Waals surface area contributed by atoms with Gasteiger partial charge in [-0.2, -0.15) is 0 Å². The zero-order valence-electron chi connectivity index (χ0n) is 14.6. The first-order valence-corrected chi connectivity index (χ1v) is 8.14. The van der Waals surface area contributed by atoms with Crippen LogP contribution < -0.4 is 5.32 Å². The van der Waals surface area contributed by atoms with Gasteiger partial charge in [0, 0.05) is 12.2 Å². The van der Waals surface area contributed by atoms with Crippen LogP contribution in [0, 0.1) is 0 Å². The number of anilines is 1. The Labute approximate surface area is 151 Å². The predicted molar refractivity (Wildman–Crippen MR) is 100 cm³/mol. The molecule has 0 unspecified atom stereocenters. The Kier molecular flexibility index (Phi) is 5.17. The quantitative estimate of drug-likeness (QED) is 0.705. The maximum absolute atomic E-state index is 11.8. The molecule has 0 atom stereocenters. The lowest BCUT2D eigenvalue weighted by Gasteiger charge is -2.11. The Morgan fingerprint density at radius 2 is 1.42 bits per heavy atom. The van der Waals surface area contributed by atoms with E-state index in [1.807, 2.05) is 18.2 Å². The summed E-state index contributed by atoms with van der Waals surface area (Å²) in [6.45, 7) is 0.552. The van der Waals surface area contributed by atoms with Crippen LogP contribution in [0.1, 0.15) is 26.3 Å². The number of esters is 2. The lowest BCUT2D eigenvalue weighted by atomic mass is 10.1. The number of hydrogen-bond donors (Lipinski definition) is 1. The number of methoxy groups -OCH3 is 2. The fraction of sp³-hybridized carbons (Fsp3) is 0.143. The summed E-state index contributed by atoms with van der Waals surface area (Å²) in [6, 6.07) is 19.1. The summed E-state index contributed by atoms with van der Waals surface area (Å²) >= 11 is 0. The first-order chi connectivity index (χ1) is 12.6. The maximum Gasteiger partial charge on any atom is 0.337 e. The summed E-state index contributed by atoms with van der Waals surface area (Å²) < 4.78 is 9.50. The van der Waals surface area contributed by atoms with E-state index >= 15 is 0 Å². The van der Waals surface area contributed by atoms with Gasteiger partial charge in [-0.15, -0.1) is 0 Å². The maximum atomic E-state index is 11.8. The van der Waals surface area contributed by atoms with Gasteiger partial charge < -0.3 is 14.8 Å². The number of ether oxygens (including phenoxy) is 2. The molecule has 3 rings (SSSR count). The van der Waals surface area contributed by atoms with Crippen LogP contribution in [0.15, 0.2) is 60.7 Å². The summed E-state index contributed by atoms with van der Waals surface area (Å²) in [7, 11) is 2.60. The minimum absolute atomic E-state index is 0.288. The van der Waals surface area contributed by atoms with Crippen molar-refractivity contribution in [3.05, 3.63) is 77.4 Å². The SMILES string of the molecule is COC(=O)c1cc(NCc2ccc3ccccc3c2)cc(C(=O)OC)c1. The fourth-order valence-corrected chi connectivity index (χ4v) is 2.75. The van der Waals surface area contributed by atoms with E-state index in [4.69, 9.17) is 9.47 Å². The number of rotatable bonds is 5. The molecule has 5 heteroatoms. The lowest BCUT2D eigenvalue weighted by Crippen LogP contribution is -2.09. The number of nitrogens with one attached hydrogen (secondary N) is 1. The van der Waals surface area contributed by atoms with E-state index in [1.54, 1.807) is 12.1 Å². The summed E-state index contributed by atoms with van der Waals surface area (Å²) in [5.74, 6) is -1.02. The highest BCUT2D eigenvalue weighted by Crippen LogP contribution is 2.20. The van der Waals surface area contributed by atoms with Gasteiger partial charge in [0.25, 0.3) is 0 Å². The van der Waals surface area contributed by atoms with Gasteiger partial charge >= 0.3 is 11.9 Å². The van der Waals surface area contributed by atoms with Crippen LogP contribution in [-0.4, -0.2) is 26.2 Å². The molecule has 0 saturated carbocycles. The van der Waals surface area contributed by atoms with E-state index in [-0.39, 0.29) is 11.1 Å². The molecule has 26 heavy (non-hydrogen) atoms. The molecule has 0 aliphatic heterocycles. The van der Waals surface area contributed by atoms with Gasteiger partial charge in [-0.05, 0) is 40.6 Å². The van der Waals surface area contributed by atoms with Gasteiger partial charge in [0.2, 0.25) is 0 Å². The van der Waals surface area contributed by atoms with Crippen LogP contribution in [0.2, 0.25) is 0 Å². The minimum atomic E-state index is -0.510. The van der Waals surface area contributed by atoms with Gasteiger partial charge in [-0.1, -0.05) is 36.4 Å². The molecule has 0 aliphatic rings. The second-order valence-electron chi connectivity index (χ2n) is 5.82. The van der Waals surface area contributed by atoms with E-state index < -0.39 is 11.9 Å². The Balaban J connectivity index is 1.85. The number of hydrogen-bond acceptors (Lipinski definition) is 5. The molecule has 0 fully saturated rings. The summed E-state index contributed by atoms with van der Waals surface area (Å²) in [5.41, 5.74) is 2.31. The summed E-state index contributed by atoms with van der Waals surface area (Å²) in [5, 5.41) is 5.58. The van der Waals surface area contributed by atoms with Crippen molar-refractivity contribution in [2.75, 3.05) is 19.5 Å². The largest absolute Gasteiger partial charge is 0.465 e. The van der Waals surface area contributed by atoms with Crippen LogP contribution in [0.3, 0.4) is 0 Å². The van der Waals surface area contributed by atoms with Crippen LogP contribution in [0.4, 0.5) is 5.69 Å². The fourth-order valence-electron chi connectivity index (χ4n) is 2.75. The average Bonchev–Trinajstić information content (AvgIpc) is 2.70. The first kappa shape index (κ1) is 17.5. The van der Waals surface area contributed by atoms with E-state index in [2.05, 4.69) is 29.6 Å². The highest BCUT2D eigenvalue weighted by atomic mass is 16.5. The van der Waals surface area contributed by atoms with E-state index in [0.29, 0.717) is 12.2 Å². The van der Waals surface area contributed by atoms with Crippen molar-refractivity contribution in [1.29, 1.82) is 0 Å². The zero-order chi connectivity index (χ0) is 18.5. The van der Waals surface area contributed by atoms with Crippen LogP contribution in [-0.2, 0) is 16.0 Å². The second-order valence-corrected chi connectivity index (χ2v) is 5.82. The van der Waals surface area contributed by atoms with Gasteiger partial charge in [0.05, 0.1) is 25.3 Å². The molecule has 3 aromatic carbocycles. The van der Waals surface area contributed by atoms with E-state index in [0.717, 1.165) is 10.9 Å². The van der Waals surface area contributed by atoms with Crippen molar-refractivity contribution in [3.63, 3.8) is 0 Å².